The maximum Gasteiger partial charge on any atom is 0.0205 e. The van der Waals surface area contributed by atoms with Gasteiger partial charge in [-0.25, -0.2) is 0 Å². The largest absolute Gasteiger partial charge is 0.326 e. The first-order valence-electron chi connectivity index (χ1n) is 8.35. The highest BCUT2D eigenvalue weighted by molar-refractivity contribution is 5.23. The number of nitrogens with one attached hydrogen (secondary N) is 1. The van der Waals surface area contributed by atoms with Crippen LogP contribution in [0.3, 0.4) is 0 Å². The van der Waals surface area contributed by atoms with Gasteiger partial charge < -0.3 is 11.1 Å². The molecule has 0 aliphatic heterocycles. The predicted octanol–water partition coefficient (Wildman–Crippen LogP) is 4.38. The molecule has 0 bridgehead atoms. The van der Waals surface area contributed by atoms with Crippen molar-refractivity contribution in [1.29, 1.82) is 0 Å². The summed E-state index contributed by atoms with van der Waals surface area (Å²) in [5.74, 6) is 0. The highest BCUT2D eigenvalue weighted by atomic mass is 14.8. The molecule has 0 aromatic heterocycles. The summed E-state index contributed by atoms with van der Waals surface area (Å²) in [6.07, 6.45) is 11.1. The van der Waals surface area contributed by atoms with E-state index in [-0.39, 0.29) is 0 Å². The van der Waals surface area contributed by atoms with Gasteiger partial charge in [-0.1, -0.05) is 76.1 Å². The van der Waals surface area contributed by atoms with E-state index in [1.807, 2.05) is 0 Å². The zero-order valence-electron chi connectivity index (χ0n) is 13.2. The molecule has 1 aromatic rings. The third-order valence-corrected chi connectivity index (χ3v) is 3.76. The van der Waals surface area contributed by atoms with Crippen molar-refractivity contribution in [3.05, 3.63) is 35.4 Å². The number of hydrogen-bond acceptors (Lipinski definition) is 2. The second-order valence-corrected chi connectivity index (χ2v) is 5.68. The van der Waals surface area contributed by atoms with Crippen molar-refractivity contribution < 1.29 is 0 Å². The van der Waals surface area contributed by atoms with Crippen molar-refractivity contribution >= 4 is 0 Å². The number of hydrogen-bond donors (Lipinski definition) is 2. The first-order chi connectivity index (χ1) is 9.86. The van der Waals surface area contributed by atoms with Crippen LogP contribution in [-0.4, -0.2) is 6.54 Å². The minimum absolute atomic E-state index is 0.631. The summed E-state index contributed by atoms with van der Waals surface area (Å²) < 4.78 is 0. The van der Waals surface area contributed by atoms with Crippen LogP contribution >= 0.6 is 0 Å². The molecule has 2 nitrogen and oxygen atoms in total. The molecule has 2 heteroatoms. The molecule has 0 amide bonds. The van der Waals surface area contributed by atoms with Gasteiger partial charge in [0.1, 0.15) is 0 Å². The zero-order chi connectivity index (χ0) is 14.5. The lowest BCUT2D eigenvalue weighted by Crippen LogP contribution is -2.14. The van der Waals surface area contributed by atoms with Gasteiger partial charge in [-0.2, -0.15) is 0 Å². The van der Waals surface area contributed by atoms with Gasteiger partial charge in [0, 0.05) is 13.1 Å². The van der Waals surface area contributed by atoms with E-state index in [1.54, 1.807) is 0 Å². The molecule has 0 fully saturated rings. The third kappa shape index (κ3) is 8.34. The monoisotopic (exact) mass is 276 g/mol. The smallest absolute Gasteiger partial charge is 0.0205 e. The molecular weight excluding hydrogens is 244 g/mol. The molecule has 20 heavy (non-hydrogen) atoms. The van der Waals surface area contributed by atoms with Crippen LogP contribution in [0.4, 0.5) is 0 Å². The molecule has 0 aliphatic carbocycles. The molecule has 1 rings (SSSR count). The number of nitrogens with two attached hydrogens (primary N) is 1. The summed E-state index contributed by atoms with van der Waals surface area (Å²) in [5.41, 5.74) is 8.21. The van der Waals surface area contributed by atoms with Gasteiger partial charge >= 0.3 is 0 Å². The molecule has 0 heterocycles. The van der Waals surface area contributed by atoms with Crippen molar-refractivity contribution in [2.45, 2.75) is 71.4 Å². The van der Waals surface area contributed by atoms with Crippen LogP contribution < -0.4 is 11.1 Å². The fourth-order valence-electron chi connectivity index (χ4n) is 2.48. The Labute approximate surface area is 125 Å². The van der Waals surface area contributed by atoms with Crippen molar-refractivity contribution in [3.8, 4) is 0 Å². The summed E-state index contributed by atoms with van der Waals surface area (Å²) in [6, 6.07) is 8.54. The minimum Gasteiger partial charge on any atom is -0.326 e. The van der Waals surface area contributed by atoms with E-state index in [0.29, 0.717) is 6.54 Å². The molecule has 114 valence electrons. The number of benzene rings is 1. The fraction of sp³-hybridized carbons (Fsp3) is 0.667. The van der Waals surface area contributed by atoms with Crippen LogP contribution in [0.25, 0.3) is 0 Å². The lowest BCUT2D eigenvalue weighted by Gasteiger charge is -2.06. The van der Waals surface area contributed by atoms with Crippen molar-refractivity contribution in [3.63, 3.8) is 0 Å². The van der Waals surface area contributed by atoms with Crippen LogP contribution in [-0.2, 0) is 13.1 Å². The van der Waals surface area contributed by atoms with Gasteiger partial charge in [-0.3, -0.25) is 0 Å². The van der Waals surface area contributed by atoms with Crippen molar-refractivity contribution in [2.75, 3.05) is 6.54 Å². The molecule has 0 atom stereocenters. The predicted molar refractivity (Wildman–Crippen MR) is 88.7 cm³/mol. The van der Waals surface area contributed by atoms with E-state index in [4.69, 9.17) is 5.73 Å². The maximum absolute atomic E-state index is 5.65. The van der Waals surface area contributed by atoms with E-state index < -0.39 is 0 Å². The zero-order valence-corrected chi connectivity index (χ0v) is 13.2. The molecule has 0 saturated carbocycles. The average molecular weight is 276 g/mol. The van der Waals surface area contributed by atoms with Gasteiger partial charge in [0.15, 0.2) is 0 Å². The normalized spacial score (nSPS) is 10.9. The highest BCUT2D eigenvalue weighted by Crippen LogP contribution is 2.08. The van der Waals surface area contributed by atoms with E-state index in [9.17, 15) is 0 Å². The van der Waals surface area contributed by atoms with Crippen LogP contribution in [0.2, 0.25) is 0 Å². The Morgan fingerprint density at radius 3 is 2.25 bits per heavy atom. The molecular formula is C18H32N2. The minimum atomic E-state index is 0.631. The second kappa shape index (κ2) is 11.9. The third-order valence-electron chi connectivity index (χ3n) is 3.76. The van der Waals surface area contributed by atoms with E-state index in [2.05, 4.69) is 36.5 Å². The Balaban J connectivity index is 1.94. The quantitative estimate of drug-likeness (QED) is 0.556. The van der Waals surface area contributed by atoms with Crippen LogP contribution in [0.1, 0.15) is 69.4 Å². The van der Waals surface area contributed by atoms with Gasteiger partial charge in [0.25, 0.3) is 0 Å². The average Bonchev–Trinajstić information content (AvgIpc) is 2.49. The van der Waals surface area contributed by atoms with Crippen molar-refractivity contribution in [2.24, 2.45) is 5.73 Å². The van der Waals surface area contributed by atoms with E-state index in [1.165, 1.54) is 62.5 Å². The number of unbranched alkanes of at least 4 members (excludes halogenated alkanes) is 7. The fourth-order valence-corrected chi connectivity index (χ4v) is 2.48. The SMILES string of the molecule is CCCCCCCCCCNCc1cccc(CN)c1. The molecule has 0 spiro atoms. The topological polar surface area (TPSA) is 38.0 Å². The maximum atomic E-state index is 5.65. The number of rotatable bonds is 12. The lowest BCUT2D eigenvalue weighted by atomic mass is 10.1. The van der Waals surface area contributed by atoms with Crippen LogP contribution in [0.5, 0.6) is 0 Å². The Hall–Kier alpha value is -0.860. The van der Waals surface area contributed by atoms with Crippen LogP contribution in [0, 0.1) is 0 Å². The standard InChI is InChI=1S/C18H32N2/c1-2-3-4-5-6-7-8-9-13-20-16-18-12-10-11-17(14-18)15-19/h10-12,14,20H,2-9,13,15-16,19H2,1H3. The summed E-state index contributed by atoms with van der Waals surface area (Å²) >= 11 is 0. The Kier molecular flexibility index (Phi) is 10.3. The summed E-state index contributed by atoms with van der Waals surface area (Å²) in [7, 11) is 0. The lowest BCUT2D eigenvalue weighted by molar-refractivity contribution is 0.555. The Morgan fingerprint density at radius 1 is 0.900 bits per heavy atom. The van der Waals surface area contributed by atoms with Gasteiger partial charge in [-0.15, -0.1) is 0 Å². The molecule has 0 aliphatic rings. The van der Waals surface area contributed by atoms with Crippen molar-refractivity contribution in [1.82, 2.24) is 5.32 Å². The first-order valence-corrected chi connectivity index (χ1v) is 8.35. The van der Waals surface area contributed by atoms with Gasteiger partial charge in [0.2, 0.25) is 0 Å². The Bertz CT molecular complexity index is 336. The first kappa shape index (κ1) is 17.2. The summed E-state index contributed by atoms with van der Waals surface area (Å²) in [4.78, 5) is 0. The molecule has 0 unspecified atom stereocenters. The summed E-state index contributed by atoms with van der Waals surface area (Å²) in [6.45, 7) is 4.99. The van der Waals surface area contributed by atoms with E-state index in [0.717, 1.165) is 13.1 Å². The summed E-state index contributed by atoms with van der Waals surface area (Å²) in [5, 5.41) is 3.52. The molecule has 1 aromatic carbocycles. The van der Waals surface area contributed by atoms with Gasteiger partial charge in [0.05, 0.1) is 0 Å². The Morgan fingerprint density at radius 2 is 1.55 bits per heavy atom. The van der Waals surface area contributed by atoms with E-state index >= 15 is 0 Å². The molecule has 0 saturated heterocycles. The van der Waals surface area contributed by atoms with Gasteiger partial charge in [-0.05, 0) is 24.1 Å². The van der Waals surface area contributed by atoms with Crippen LogP contribution in [0.15, 0.2) is 24.3 Å². The highest BCUT2D eigenvalue weighted by Gasteiger charge is 1.95. The second-order valence-electron chi connectivity index (χ2n) is 5.68. The molecule has 3 N–H and O–H groups in total. The molecule has 0 radical (unpaired) electrons.